The molecule has 4 heterocycles. The molecule has 1 amide bonds. The summed E-state index contributed by atoms with van der Waals surface area (Å²) >= 11 is 0. The predicted octanol–water partition coefficient (Wildman–Crippen LogP) is 1.64. The first-order valence-corrected chi connectivity index (χ1v) is 12.1. The van der Waals surface area contributed by atoms with E-state index in [1.54, 1.807) is 0 Å². The molecule has 188 valence electrons. The molecule has 5 aliphatic rings. The molecule has 10 nitrogen and oxygen atoms in total. The van der Waals surface area contributed by atoms with Crippen molar-refractivity contribution >= 4 is 11.9 Å². The Balaban J connectivity index is 1.34. The molecule has 33 heavy (non-hydrogen) atoms. The Kier molecular flexibility index (Phi) is 7.62. The summed E-state index contributed by atoms with van der Waals surface area (Å²) in [7, 11) is 0. The van der Waals surface area contributed by atoms with Crippen LogP contribution in [0, 0.1) is 23.7 Å². The molecular weight excluding hydrogens is 434 g/mol. The minimum absolute atomic E-state index is 0.0157. The van der Waals surface area contributed by atoms with Crippen LogP contribution in [0.2, 0.25) is 0 Å². The monoisotopic (exact) mass is 471 g/mol. The number of carbonyl (C=O) groups excluding carboxylic acids is 2. The van der Waals surface area contributed by atoms with Crippen LogP contribution in [0.4, 0.5) is 0 Å². The summed E-state index contributed by atoms with van der Waals surface area (Å²) in [5.41, 5.74) is -0.700. The number of esters is 1. The van der Waals surface area contributed by atoms with E-state index in [9.17, 15) is 9.59 Å². The van der Waals surface area contributed by atoms with Crippen molar-refractivity contribution in [2.75, 3.05) is 26.4 Å². The predicted molar refractivity (Wildman–Crippen MR) is 113 cm³/mol. The number of carbonyl (C=O) groups is 2. The average Bonchev–Trinajstić information content (AvgIpc) is 3.01. The lowest BCUT2D eigenvalue weighted by molar-refractivity contribution is -0.576. The van der Waals surface area contributed by atoms with E-state index in [0.717, 1.165) is 25.7 Å². The number of fused-ring (bicyclic) bond motifs is 2. The van der Waals surface area contributed by atoms with Crippen LogP contribution in [0.15, 0.2) is 0 Å². The molecule has 0 aromatic rings. The normalized spacial score (nSPS) is 41.7. The van der Waals surface area contributed by atoms with Crippen molar-refractivity contribution < 1.29 is 43.4 Å². The number of aliphatic hydroxyl groups is 1. The third kappa shape index (κ3) is 4.92. The SMILES string of the molecule is C[C@H]1[C@H](OC(=O)CCC(=O)NCCOCCO)O[C@@H]2O[C@@]3(C)CC[C@@H]4[C@H](C)CC[C@H]1[C@@]24OO3. The quantitative estimate of drug-likeness (QED) is 0.294. The van der Waals surface area contributed by atoms with Gasteiger partial charge in [0.1, 0.15) is 0 Å². The number of aliphatic hydroxyl groups excluding tert-OH is 1. The highest BCUT2D eigenvalue weighted by molar-refractivity contribution is 5.81. The summed E-state index contributed by atoms with van der Waals surface area (Å²) in [6.45, 7) is 6.91. The molecule has 2 bridgehead atoms. The van der Waals surface area contributed by atoms with Crippen LogP contribution in [0.1, 0.15) is 59.3 Å². The first-order valence-electron chi connectivity index (χ1n) is 12.1. The van der Waals surface area contributed by atoms with Gasteiger partial charge in [0.05, 0.1) is 26.2 Å². The Hall–Kier alpha value is -1.30. The Bertz CT molecular complexity index is 720. The number of hydrogen-bond acceptors (Lipinski definition) is 9. The second-order valence-electron chi connectivity index (χ2n) is 9.95. The van der Waals surface area contributed by atoms with Gasteiger partial charge in [-0.05, 0) is 38.0 Å². The van der Waals surface area contributed by atoms with Crippen molar-refractivity contribution in [2.24, 2.45) is 23.7 Å². The van der Waals surface area contributed by atoms with E-state index < -0.39 is 29.9 Å². The summed E-state index contributed by atoms with van der Waals surface area (Å²) in [6, 6.07) is 0. The Morgan fingerprint density at radius 1 is 1.09 bits per heavy atom. The number of rotatable bonds is 9. The van der Waals surface area contributed by atoms with Gasteiger partial charge >= 0.3 is 5.97 Å². The highest BCUT2D eigenvalue weighted by Gasteiger charge is 2.69. The number of nitrogens with one attached hydrogen (secondary N) is 1. The van der Waals surface area contributed by atoms with Gasteiger partial charge in [0, 0.05) is 31.2 Å². The summed E-state index contributed by atoms with van der Waals surface area (Å²) in [6.07, 6.45) is 2.16. The molecule has 5 rings (SSSR count). The van der Waals surface area contributed by atoms with E-state index in [2.05, 4.69) is 12.2 Å². The van der Waals surface area contributed by atoms with E-state index in [-0.39, 0.29) is 49.7 Å². The lowest BCUT2D eigenvalue weighted by Crippen LogP contribution is -2.70. The van der Waals surface area contributed by atoms with Crippen LogP contribution in [0.25, 0.3) is 0 Å². The number of amides is 1. The molecule has 4 saturated heterocycles. The fourth-order valence-corrected chi connectivity index (χ4v) is 5.93. The summed E-state index contributed by atoms with van der Waals surface area (Å²) < 4.78 is 23.3. The van der Waals surface area contributed by atoms with Gasteiger partial charge < -0.3 is 29.4 Å². The van der Waals surface area contributed by atoms with Gasteiger partial charge in [-0.1, -0.05) is 13.8 Å². The molecule has 0 aromatic carbocycles. The standard InChI is InChI=1S/C23H37NO9/c1-14-4-5-17-15(2)20(29-19(27)7-6-18(26)24-10-12-28-13-11-25)30-21-23(17)16(14)8-9-22(3,31-21)32-33-23/h14-17,20-21,25H,4-13H2,1-3H3,(H,24,26)/t14-,15-,16-,17-,20-,21-,22-,23-/m1/s1. The van der Waals surface area contributed by atoms with E-state index in [1.807, 2.05) is 13.8 Å². The molecular formula is C23H37NO9. The van der Waals surface area contributed by atoms with Crippen molar-refractivity contribution in [3.05, 3.63) is 0 Å². The topological polar surface area (TPSA) is 122 Å². The maximum atomic E-state index is 12.5. The molecule has 1 aliphatic carbocycles. The molecule has 0 radical (unpaired) electrons. The van der Waals surface area contributed by atoms with Crippen molar-refractivity contribution in [1.29, 1.82) is 0 Å². The van der Waals surface area contributed by atoms with E-state index >= 15 is 0 Å². The maximum absolute atomic E-state index is 12.5. The van der Waals surface area contributed by atoms with Gasteiger partial charge in [-0.15, -0.1) is 0 Å². The molecule has 2 N–H and O–H groups in total. The zero-order valence-electron chi connectivity index (χ0n) is 19.7. The van der Waals surface area contributed by atoms with Gasteiger partial charge in [0.25, 0.3) is 0 Å². The number of ether oxygens (including phenoxy) is 4. The first-order chi connectivity index (χ1) is 15.8. The highest BCUT2D eigenvalue weighted by atomic mass is 17.3. The highest BCUT2D eigenvalue weighted by Crippen LogP contribution is 2.60. The minimum atomic E-state index is -0.883. The van der Waals surface area contributed by atoms with Crippen LogP contribution >= 0.6 is 0 Å². The fraction of sp³-hybridized carbons (Fsp3) is 0.913. The first kappa shape index (κ1) is 24.8. The third-order valence-electron chi connectivity index (χ3n) is 7.71. The zero-order valence-corrected chi connectivity index (χ0v) is 19.7. The number of hydrogen-bond donors (Lipinski definition) is 2. The van der Waals surface area contributed by atoms with Crippen LogP contribution in [0.3, 0.4) is 0 Å². The van der Waals surface area contributed by atoms with Gasteiger partial charge in [0.2, 0.25) is 18.0 Å². The zero-order chi connectivity index (χ0) is 23.6. The van der Waals surface area contributed by atoms with Crippen molar-refractivity contribution in [3.63, 3.8) is 0 Å². The lowest BCUT2D eigenvalue weighted by Gasteiger charge is -2.59. The largest absolute Gasteiger partial charge is 0.435 e. The second-order valence-corrected chi connectivity index (χ2v) is 9.95. The van der Waals surface area contributed by atoms with Gasteiger partial charge in [-0.25, -0.2) is 9.78 Å². The van der Waals surface area contributed by atoms with Crippen LogP contribution < -0.4 is 5.32 Å². The Labute approximate surface area is 194 Å². The van der Waals surface area contributed by atoms with Crippen LogP contribution in [-0.4, -0.2) is 67.3 Å². The smallest absolute Gasteiger partial charge is 0.308 e. The lowest BCUT2D eigenvalue weighted by atomic mass is 9.58. The van der Waals surface area contributed by atoms with E-state index in [4.69, 9.17) is 33.8 Å². The van der Waals surface area contributed by atoms with Gasteiger partial charge in [-0.3, -0.25) is 9.59 Å². The molecule has 5 fully saturated rings. The maximum Gasteiger partial charge on any atom is 0.308 e. The van der Waals surface area contributed by atoms with Crippen molar-refractivity contribution in [3.8, 4) is 0 Å². The summed E-state index contributed by atoms with van der Waals surface area (Å²) in [5, 5.41) is 11.3. The molecule has 1 saturated carbocycles. The van der Waals surface area contributed by atoms with Gasteiger partial charge in [-0.2, -0.15) is 0 Å². The molecule has 4 aliphatic heterocycles. The fourth-order valence-electron chi connectivity index (χ4n) is 5.93. The van der Waals surface area contributed by atoms with Crippen LogP contribution in [0.5, 0.6) is 0 Å². The molecule has 1 spiro atoms. The van der Waals surface area contributed by atoms with Gasteiger partial charge in [0.15, 0.2) is 11.9 Å². The van der Waals surface area contributed by atoms with E-state index in [0.29, 0.717) is 19.1 Å². The van der Waals surface area contributed by atoms with E-state index in [1.165, 1.54) is 0 Å². The van der Waals surface area contributed by atoms with Crippen LogP contribution in [-0.2, 0) is 38.3 Å². The molecule has 8 atom stereocenters. The third-order valence-corrected chi connectivity index (χ3v) is 7.71. The van der Waals surface area contributed by atoms with Crippen molar-refractivity contribution in [1.82, 2.24) is 5.32 Å². The Morgan fingerprint density at radius 2 is 1.91 bits per heavy atom. The average molecular weight is 472 g/mol. The molecule has 10 heteroatoms. The summed E-state index contributed by atoms with van der Waals surface area (Å²) in [5.74, 6) is -0.965. The Morgan fingerprint density at radius 3 is 2.70 bits per heavy atom. The summed E-state index contributed by atoms with van der Waals surface area (Å²) in [4.78, 5) is 36.3. The molecule has 0 aromatic heterocycles. The molecule has 0 unspecified atom stereocenters. The second kappa shape index (κ2) is 10.1. The minimum Gasteiger partial charge on any atom is -0.435 e. The van der Waals surface area contributed by atoms with Crippen molar-refractivity contribution in [2.45, 2.75) is 83.3 Å².